The van der Waals surface area contributed by atoms with Gasteiger partial charge in [0, 0.05) is 44.1 Å². The summed E-state index contributed by atoms with van der Waals surface area (Å²) in [5, 5.41) is 21.9. The Hall–Kier alpha value is -4.64. The smallest absolute Gasteiger partial charge is 0.435 e. The van der Waals surface area contributed by atoms with E-state index in [2.05, 4.69) is 31.3 Å². The SMILES string of the molecule is Cn1c(-c2cn(C3CC3)nc2C(F)(F)F)cnc1C(=O)Nc1ccc(C(=O)NCCCCCCNC(=O)NC2CC(N)C2)c(Cl)c1.O=CO. The lowest BCUT2D eigenvalue weighted by atomic mass is 9.88. The summed E-state index contributed by atoms with van der Waals surface area (Å²) in [6.45, 7) is 0.766. The fraction of sp³-hybridized carbons (Fsp3) is 0.484. The number of unbranched alkanes of at least 4 members (excludes halogenated alkanes) is 3. The molecule has 0 aliphatic heterocycles. The number of aromatic nitrogens is 4. The van der Waals surface area contributed by atoms with Crippen LogP contribution in [0.1, 0.15) is 84.1 Å². The van der Waals surface area contributed by atoms with Crippen LogP contribution in [0.5, 0.6) is 0 Å². The number of nitrogens with two attached hydrogens (primary N) is 1. The highest BCUT2D eigenvalue weighted by Crippen LogP contribution is 2.41. The maximum absolute atomic E-state index is 13.7. The summed E-state index contributed by atoms with van der Waals surface area (Å²) in [4.78, 5) is 49.9. The van der Waals surface area contributed by atoms with E-state index in [0.717, 1.165) is 51.4 Å². The van der Waals surface area contributed by atoms with Crippen molar-refractivity contribution in [1.29, 1.82) is 0 Å². The molecule has 2 aliphatic rings. The molecule has 4 amide bonds. The van der Waals surface area contributed by atoms with E-state index < -0.39 is 17.8 Å². The van der Waals surface area contributed by atoms with Gasteiger partial charge in [0.05, 0.1) is 34.1 Å². The van der Waals surface area contributed by atoms with Crippen molar-refractivity contribution in [2.45, 2.75) is 75.7 Å². The third kappa shape index (κ3) is 10.2. The van der Waals surface area contributed by atoms with Crippen LogP contribution in [0.25, 0.3) is 11.3 Å². The number of carboxylic acid groups (broad SMARTS) is 1. The molecule has 2 fully saturated rings. The molecule has 0 saturated heterocycles. The maximum Gasteiger partial charge on any atom is 0.435 e. The van der Waals surface area contributed by atoms with Crippen molar-refractivity contribution in [1.82, 2.24) is 35.3 Å². The molecule has 0 radical (unpaired) electrons. The van der Waals surface area contributed by atoms with Gasteiger partial charge in [0.25, 0.3) is 18.3 Å². The van der Waals surface area contributed by atoms with Gasteiger partial charge >= 0.3 is 12.2 Å². The molecule has 266 valence electrons. The predicted octanol–water partition coefficient (Wildman–Crippen LogP) is 4.32. The Morgan fingerprint density at radius 1 is 1.08 bits per heavy atom. The average molecular weight is 710 g/mol. The van der Waals surface area contributed by atoms with E-state index >= 15 is 0 Å². The first kappa shape index (κ1) is 37.2. The van der Waals surface area contributed by atoms with Gasteiger partial charge in [-0.05, 0) is 56.7 Å². The fourth-order valence-corrected chi connectivity index (χ4v) is 5.53. The molecule has 0 atom stereocenters. The van der Waals surface area contributed by atoms with Crippen molar-refractivity contribution < 1.29 is 37.5 Å². The summed E-state index contributed by atoms with van der Waals surface area (Å²) < 4.78 is 43.7. The van der Waals surface area contributed by atoms with Crippen LogP contribution in [0.15, 0.2) is 30.6 Å². The highest BCUT2D eigenvalue weighted by molar-refractivity contribution is 6.34. The van der Waals surface area contributed by atoms with Crippen molar-refractivity contribution in [3.8, 4) is 11.3 Å². The van der Waals surface area contributed by atoms with Gasteiger partial charge in [-0.25, -0.2) is 9.78 Å². The third-order valence-electron chi connectivity index (χ3n) is 8.04. The minimum Gasteiger partial charge on any atom is -0.483 e. The van der Waals surface area contributed by atoms with Crippen LogP contribution >= 0.6 is 11.6 Å². The molecule has 0 bridgehead atoms. The molecule has 5 rings (SSSR count). The van der Waals surface area contributed by atoms with Gasteiger partial charge in [0.15, 0.2) is 11.5 Å². The van der Waals surface area contributed by atoms with Gasteiger partial charge in [-0.2, -0.15) is 18.3 Å². The van der Waals surface area contributed by atoms with E-state index in [-0.39, 0.29) is 69.9 Å². The number of hydrogen-bond donors (Lipinski definition) is 6. The number of rotatable bonds is 13. The Morgan fingerprint density at radius 2 is 1.73 bits per heavy atom. The molecule has 0 unspecified atom stereocenters. The van der Waals surface area contributed by atoms with Gasteiger partial charge in [-0.1, -0.05) is 24.4 Å². The number of carbonyl (C=O) groups is 4. The molecule has 2 saturated carbocycles. The monoisotopic (exact) mass is 709 g/mol. The Bertz CT molecular complexity index is 1630. The molecule has 14 nitrogen and oxygen atoms in total. The summed E-state index contributed by atoms with van der Waals surface area (Å²) in [6.07, 6.45) is 4.37. The number of halogens is 4. The Morgan fingerprint density at radius 3 is 2.33 bits per heavy atom. The molecule has 18 heteroatoms. The lowest BCUT2D eigenvalue weighted by Crippen LogP contribution is -2.52. The molecule has 2 aromatic heterocycles. The number of anilines is 1. The quantitative estimate of drug-likeness (QED) is 0.111. The largest absolute Gasteiger partial charge is 0.483 e. The Kier molecular flexibility index (Phi) is 12.6. The Balaban J connectivity index is 0.00000174. The maximum atomic E-state index is 13.7. The van der Waals surface area contributed by atoms with Gasteiger partial charge < -0.3 is 36.7 Å². The molecule has 2 heterocycles. The van der Waals surface area contributed by atoms with Gasteiger partial charge in [0.1, 0.15) is 0 Å². The zero-order valence-corrected chi connectivity index (χ0v) is 27.5. The number of imidazole rings is 1. The minimum atomic E-state index is -4.67. The average Bonchev–Trinajstić information content (AvgIpc) is 3.65. The molecule has 49 heavy (non-hydrogen) atoms. The van der Waals surface area contributed by atoms with Crippen molar-refractivity contribution in [2.75, 3.05) is 18.4 Å². The van der Waals surface area contributed by atoms with E-state index in [1.54, 1.807) is 0 Å². The molecular weight excluding hydrogens is 671 g/mol. The number of hydrogen-bond acceptors (Lipinski definition) is 7. The Labute approximate surface area is 284 Å². The first-order valence-corrected chi connectivity index (χ1v) is 16.2. The lowest BCUT2D eigenvalue weighted by molar-refractivity contribution is -0.141. The second kappa shape index (κ2) is 16.6. The predicted molar refractivity (Wildman–Crippen MR) is 174 cm³/mol. The number of amides is 4. The summed E-state index contributed by atoms with van der Waals surface area (Å²) >= 11 is 6.34. The van der Waals surface area contributed by atoms with Crippen molar-refractivity contribution in [3.63, 3.8) is 0 Å². The van der Waals surface area contributed by atoms with Gasteiger partial charge in [-0.3, -0.25) is 19.1 Å². The van der Waals surface area contributed by atoms with Gasteiger partial charge in [0.2, 0.25) is 0 Å². The molecule has 0 spiro atoms. The number of benzene rings is 1. The molecule has 3 aromatic rings. The summed E-state index contributed by atoms with van der Waals surface area (Å²) in [5.74, 6) is -1.14. The standard InChI is InChI=1S/C30H37ClF3N9O3.CH2O2/c1-42-24(22-16-43(20-7-8-20)41-25(22)30(32,33)34)15-38-26(42)28(45)39-18-6-9-21(23(31)14-18)27(44)36-10-4-2-3-5-11-37-29(46)40-19-12-17(35)13-19;2-1-3/h6,9,14-17,19-20H,2-5,7-8,10-13,35H2,1H3,(H,36,44)(H,39,45)(H2,37,40,46);1H,(H,2,3). The van der Waals surface area contributed by atoms with Crippen LogP contribution in [-0.2, 0) is 18.0 Å². The fourth-order valence-electron chi connectivity index (χ4n) is 5.27. The van der Waals surface area contributed by atoms with E-state index in [0.29, 0.717) is 13.1 Å². The first-order valence-electron chi connectivity index (χ1n) is 15.8. The van der Waals surface area contributed by atoms with Crippen molar-refractivity contribution in [3.05, 3.63) is 52.7 Å². The summed E-state index contributed by atoms with van der Waals surface area (Å²) in [6, 6.07) is 4.52. The van der Waals surface area contributed by atoms with E-state index in [1.807, 2.05) is 0 Å². The molecule has 2 aliphatic carbocycles. The minimum absolute atomic E-state index is 0.0578. The van der Waals surface area contributed by atoms with Crippen molar-refractivity contribution in [2.24, 2.45) is 12.8 Å². The topological polar surface area (TPSA) is 198 Å². The van der Waals surface area contributed by atoms with Gasteiger partial charge in [-0.15, -0.1) is 0 Å². The highest BCUT2D eigenvalue weighted by atomic mass is 35.5. The number of nitrogens with zero attached hydrogens (tertiary/aromatic N) is 4. The molecule has 7 N–H and O–H groups in total. The highest BCUT2D eigenvalue weighted by Gasteiger charge is 2.40. The number of alkyl halides is 3. The summed E-state index contributed by atoms with van der Waals surface area (Å²) in [5.41, 5.74) is 5.15. The second-order valence-corrected chi connectivity index (χ2v) is 12.3. The lowest BCUT2D eigenvalue weighted by Gasteiger charge is -2.32. The van der Waals surface area contributed by atoms with E-state index in [4.69, 9.17) is 27.2 Å². The molecule has 1 aromatic carbocycles. The third-order valence-corrected chi connectivity index (χ3v) is 8.36. The number of nitrogens with one attached hydrogen (secondary N) is 4. The zero-order chi connectivity index (χ0) is 35.7. The van der Waals surface area contributed by atoms with Crippen LogP contribution in [-0.4, -0.2) is 73.9 Å². The summed E-state index contributed by atoms with van der Waals surface area (Å²) in [7, 11) is 1.45. The van der Waals surface area contributed by atoms with E-state index in [9.17, 15) is 27.6 Å². The zero-order valence-electron chi connectivity index (χ0n) is 26.7. The normalized spacial score (nSPS) is 16.9. The van der Waals surface area contributed by atoms with Crippen LogP contribution in [0.2, 0.25) is 5.02 Å². The van der Waals surface area contributed by atoms with Crippen LogP contribution in [0.4, 0.5) is 23.7 Å². The second-order valence-electron chi connectivity index (χ2n) is 11.9. The van der Waals surface area contributed by atoms with Crippen LogP contribution in [0.3, 0.4) is 0 Å². The molecular formula is C31H39ClF3N9O5. The van der Waals surface area contributed by atoms with E-state index in [1.165, 1.54) is 46.9 Å². The first-order chi connectivity index (χ1) is 23.3. The van der Waals surface area contributed by atoms with Crippen LogP contribution < -0.4 is 27.0 Å². The van der Waals surface area contributed by atoms with Crippen LogP contribution in [0, 0.1) is 0 Å². The number of carbonyl (C=O) groups excluding carboxylic acids is 3. The number of urea groups is 1. The van der Waals surface area contributed by atoms with Crippen molar-refractivity contribution >= 4 is 41.6 Å².